The predicted molar refractivity (Wildman–Crippen MR) is 47.5 cm³/mol. The molecule has 0 aromatic rings. The number of hydrogen-bond acceptors (Lipinski definition) is 0. The molecule has 0 rings (SSSR count). The van der Waals surface area contributed by atoms with Crippen LogP contribution in [0.1, 0.15) is 27.2 Å². The highest BCUT2D eigenvalue weighted by Crippen LogP contribution is 2.04. The summed E-state index contributed by atoms with van der Waals surface area (Å²) in [6.07, 6.45) is 5.48. The minimum Gasteiger partial charge on any atom is -0.111 e. The first-order chi connectivity index (χ1) is 4.13. The molecule has 9 heavy (non-hydrogen) atoms. The van der Waals surface area contributed by atoms with Gasteiger partial charge in [0.25, 0.3) is 0 Å². The zero-order valence-electron chi connectivity index (χ0n) is 6.44. The largest absolute Gasteiger partial charge is 0.111 e. The molecule has 0 aliphatic rings. The van der Waals surface area contributed by atoms with Crippen molar-refractivity contribution in [2.45, 2.75) is 27.2 Å². The fourth-order valence-corrected chi connectivity index (χ4v) is 0.617. The smallest absolute Gasteiger partial charge is 0.0161 e. The van der Waals surface area contributed by atoms with Gasteiger partial charge in [0.2, 0.25) is 0 Å². The first-order valence-electron chi connectivity index (χ1n) is 3.18. The molecule has 0 saturated heterocycles. The molecule has 0 N–H and O–H groups in total. The molecule has 52 valence electrons. The standard InChI is InChI=1S/C8H15P/c1-7(2)5-4-6-8(3)9/h5-6H,4,9H2,1-3H3/b8-6+. The van der Waals surface area contributed by atoms with E-state index in [9.17, 15) is 0 Å². The number of hydrogen-bond donors (Lipinski definition) is 0. The van der Waals surface area contributed by atoms with E-state index in [1.807, 2.05) is 0 Å². The molecule has 1 atom stereocenters. The molecule has 0 aromatic heterocycles. The van der Waals surface area contributed by atoms with Crippen molar-refractivity contribution in [1.29, 1.82) is 0 Å². The van der Waals surface area contributed by atoms with E-state index in [4.69, 9.17) is 0 Å². The Morgan fingerprint density at radius 2 is 1.78 bits per heavy atom. The third-order valence-corrected chi connectivity index (χ3v) is 1.20. The summed E-state index contributed by atoms with van der Waals surface area (Å²) in [5, 5.41) is 1.31. The number of rotatable bonds is 2. The maximum Gasteiger partial charge on any atom is -0.0161 e. The zero-order valence-corrected chi connectivity index (χ0v) is 7.59. The second-order valence-corrected chi connectivity index (χ2v) is 3.38. The lowest BCUT2D eigenvalue weighted by atomic mass is 10.2. The van der Waals surface area contributed by atoms with E-state index in [1.54, 1.807) is 0 Å². The van der Waals surface area contributed by atoms with Gasteiger partial charge in [0.15, 0.2) is 0 Å². The molecule has 0 fully saturated rings. The Kier molecular flexibility index (Phi) is 4.71. The Hall–Kier alpha value is -0.0900. The highest BCUT2D eigenvalue weighted by molar-refractivity contribution is 7.22. The number of allylic oxidation sites excluding steroid dienone is 4. The van der Waals surface area contributed by atoms with Gasteiger partial charge in [-0.05, 0) is 27.2 Å². The maximum atomic E-state index is 2.67. The van der Waals surface area contributed by atoms with Crippen molar-refractivity contribution in [2.75, 3.05) is 0 Å². The lowest BCUT2D eigenvalue weighted by Gasteiger charge is -1.87. The fraction of sp³-hybridized carbons (Fsp3) is 0.500. The molecular weight excluding hydrogens is 127 g/mol. The molecule has 0 aliphatic carbocycles. The van der Waals surface area contributed by atoms with Crippen molar-refractivity contribution in [3.63, 3.8) is 0 Å². The minimum atomic E-state index is 1.07. The van der Waals surface area contributed by atoms with Crippen LogP contribution in [0.15, 0.2) is 23.0 Å². The van der Waals surface area contributed by atoms with Crippen LogP contribution in [0.5, 0.6) is 0 Å². The van der Waals surface area contributed by atoms with E-state index in [0.717, 1.165) is 6.42 Å². The third kappa shape index (κ3) is 7.91. The average Bonchev–Trinajstić information content (AvgIpc) is 1.63. The average molecular weight is 142 g/mol. The lowest BCUT2D eigenvalue weighted by Crippen LogP contribution is -1.64. The van der Waals surface area contributed by atoms with Gasteiger partial charge < -0.3 is 0 Å². The first-order valence-corrected chi connectivity index (χ1v) is 3.76. The highest BCUT2D eigenvalue weighted by atomic mass is 31.0. The molecule has 1 heteroatoms. The second-order valence-electron chi connectivity index (χ2n) is 2.47. The normalized spacial score (nSPS) is 11.3. The highest BCUT2D eigenvalue weighted by Gasteiger charge is 1.76. The third-order valence-electron chi connectivity index (χ3n) is 0.966. The summed E-state index contributed by atoms with van der Waals surface area (Å²) >= 11 is 0. The van der Waals surface area contributed by atoms with Crippen LogP contribution in [0.3, 0.4) is 0 Å². The van der Waals surface area contributed by atoms with Crippen molar-refractivity contribution < 1.29 is 0 Å². The molecule has 0 aromatic carbocycles. The summed E-state index contributed by atoms with van der Waals surface area (Å²) in [6.45, 7) is 6.32. The summed E-state index contributed by atoms with van der Waals surface area (Å²) in [5.41, 5.74) is 1.39. The summed E-state index contributed by atoms with van der Waals surface area (Å²) in [7, 11) is 2.67. The lowest BCUT2D eigenvalue weighted by molar-refractivity contribution is 1.27. The maximum absolute atomic E-state index is 2.67. The van der Waals surface area contributed by atoms with E-state index in [1.165, 1.54) is 10.9 Å². The van der Waals surface area contributed by atoms with Crippen LogP contribution in [0.2, 0.25) is 0 Å². The second kappa shape index (κ2) is 4.76. The summed E-state index contributed by atoms with van der Waals surface area (Å²) in [5.74, 6) is 0. The van der Waals surface area contributed by atoms with Crippen molar-refractivity contribution in [3.8, 4) is 0 Å². The van der Waals surface area contributed by atoms with E-state index in [0.29, 0.717) is 0 Å². The van der Waals surface area contributed by atoms with Crippen LogP contribution < -0.4 is 0 Å². The van der Waals surface area contributed by atoms with Crippen LogP contribution in [0, 0.1) is 0 Å². The van der Waals surface area contributed by atoms with E-state index < -0.39 is 0 Å². The van der Waals surface area contributed by atoms with Crippen LogP contribution in [-0.2, 0) is 0 Å². The van der Waals surface area contributed by atoms with Gasteiger partial charge in [-0.25, -0.2) is 0 Å². The van der Waals surface area contributed by atoms with Crippen LogP contribution in [-0.4, -0.2) is 0 Å². The van der Waals surface area contributed by atoms with E-state index >= 15 is 0 Å². The van der Waals surface area contributed by atoms with Gasteiger partial charge in [-0.1, -0.05) is 23.0 Å². The molecule has 0 aliphatic heterocycles. The summed E-state index contributed by atoms with van der Waals surface area (Å²) < 4.78 is 0. The van der Waals surface area contributed by atoms with Gasteiger partial charge in [-0.15, -0.1) is 9.24 Å². The Balaban J connectivity index is 3.53. The SMILES string of the molecule is CC(C)=CC/C=C(\C)P. The van der Waals surface area contributed by atoms with Gasteiger partial charge in [0, 0.05) is 0 Å². The molecule has 0 saturated carbocycles. The molecule has 0 nitrogen and oxygen atoms in total. The molecule has 0 heterocycles. The Labute approximate surface area is 60.2 Å². The first kappa shape index (κ1) is 8.91. The Bertz CT molecular complexity index is 108. The molecule has 0 amide bonds. The molecule has 0 radical (unpaired) electrons. The van der Waals surface area contributed by atoms with Crippen LogP contribution in [0.25, 0.3) is 0 Å². The fourth-order valence-electron chi connectivity index (χ4n) is 0.481. The molecule has 0 spiro atoms. The van der Waals surface area contributed by atoms with Crippen LogP contribution >= 0.6 is 9.24 Å². The molecular formula is C8H15P. The van der Waals surface area contributed by atoms with Gasteiger partial charge in [-0.3, -0.25) is 0 Å². The van der Waals surface area contributed by atoms with Crippen molar-refractivity contribution in [1.82, 2.24) is 0 Å². The monoisotopic (exact) mass is 142 g/mol. The molecule has 1 unspecified atom stereocenters. The van der Waals surface area contributed by atoms with Gasteiger partial charge in [0.1, 0.15) is 0 Å². The van der Waals surface area contributed by atoms with E-state index in [2.05, 4.69) is 42.2 Å². The Morgan fingerprint density at radius 3 is 2.11 bits per heavy atom. The zero-order chi connectivity index (χ0) is 7.28. The Morgan fingerprint density at radius 1 is 1.22 bits per heavy atom. The summed E-state index contributed by atoms with van der Waals surface area (Å²) in [4.78, 5) is 0. The minimum absolute atomic E-state index is 1.07. The predicted octanol–water partition coefficient (Wildman–Crippen LogP) is 3.12. The quantitative estimate of drug-likeness (QED) is 0.410. The van der Waals surface area contributed by atoms with Gasteiger partial charge >= 0.3 is 0 Å². The van der Waals surface area contributed by atoms with Crippen molar-refractivity contribution >= 4 is 9.24 Å². The van der Waals surface area contributed by atoms with Crippen molar-refractivity contribution in [2.24, 2.45) is 0 Å². The van der Waals surface area contributed by atoms with Crippen LogP contribution in [0.4, 0.5) is 0 Å². The van der Waals surface area contributed by atoms with E-state index in [-0.39, 0.29) is 0 Å². The van der Waals surface area contributed by atoms with Gasteiger partial charge in [0.05, 0.1) is 0 Å². The van der Waals surface area contributed by atoms with Crippen molar-refractivity contribution in [3.05, 3.63) is 23.0 Å². The molecule has 0 bridgehead atoms. The summed E-state index contributed by atoms with van der Waals surface area (Å²) in [6, 6.07) is 0. The van der Waals surface area contributed by atoms with Gasteiger partial charge in [-0.2, -0.15) is 0 Å². The topological polar surface area (TPSA) is 0 Å².